The number of aliphatic carboxylic acids is 1. The Labute approximate surface area is 432 Å². The van der Waals surface area contributed by atoms with Crippen molar-refractivity contribution in [2.45, 2.75) is 114 Å². The van der Waals surface area contributed by atoms with Gasteiger partial charge in [0.25, 0.3) is 0 Å². The number of benzene rings is 2. The number of carbonyl (C=O) groups is 9. The minimum Gasteiger partial charge on any atom is -0.481 e. The first-order valence-corrected chi connectivity index (χ1v) is 24.4. The van der Waals surface area contributed by atoms with E-state index in [2.05, 4.69) is 57.2 Å². The van der Waals surface area contributed by atoms with E-state index in [-0.39, 0.29) is 57.6 Å². The molecule has 0 aliphatic carbocycles. The number of hydrogen-bond donors (Lipinski definition) is 15. The van der Waals surface area contributed by atoms with Crippen LogP contribution in [0.15, 0.2) is 78.3 Å². The van der Waals surface area contributed by atoms with E-state index in [0.29, 0.717) is 29.7 Å². The first-order valence-electron chi connectivity index (χ1n) is 24.4. The topological polar surface area (TPSA) is 445 Å². The minimum atomic E-state index is -1.68. The quantitative estimate of drug-likeness (QED) is 0.0132. The molecule has 0 saturated heterocycles. The number of carboxylic acids is 1. The molecule has 7 atom stereocenters. The largest absolute Gasteiger partial charge is 0.481 e. The third-order valence-corrected chi connectivity index (χ3v) is 11.9. The molecule has 4 rings (SSSR count). The van der Waals surface area contributed by atoms with Crippen LogP contribution in [0.4, 0.5) is 0 Å². The van der Waals surface area contributed by atoms with Gasteiger partial charge in [0.1, 0.15) is 36.3 Å². The lowest BCUT2D eigenvalue weighted by Gasteiger charge is -2.26. The number of imidazole rings is 1. The predicted octanol–water partition coefficient (Wildman–Crippen LogP) is -2.93. The van der Waals surface area contributed by atoms with Gasteiger partial charge in [-0.05, 0) is 61.8 Å². The molecular weight excluding hydrogens is 973 g/mol. The molecule has 8 amide bonds. The lowest BCUT2D eigenvalue weighted by molar-refractivity contribution is -0.141. The smallest absolute Gasteiger partial charge is 0.305 e. The van der Waals surface area contributed by atoms with Gasteiger partial charge in [-0.2, -0.15) is 0 Å². The molecule has 0 spiro atoms. The van der Waals surface area contributed by atoms with Gasteiger partial charge in [0.15, 0.2) is 5.96 Å². The number of unbranched alkanes of at least 4 members (excludes halogenated alkanes) is 1. The molecule has 0 aliphatic heterocycles. The molecule has 2 heterocycles. The highest BCUT2D eigenvalue weighted by Gasteiger charge is 2.34. The van der Waals surface area contributed by atoms with E-state index < -0.39 is 114 Å². The second-order valence-corrected chi connectivity index (χ2v) is 18.2. The van der Waals surface area contributed by atoms with Gasteiger partial charge >= 0.3 is 5.97 Å². The molecule has 0 radical (unpaired) electrons. The normalized spacial score (nSPS) is 13.9. The fourth-order valence-electron chi connectivity index (χ4n) is 7.88. The maximum absolute atomic E-state index is 14.5. The Morgan fingerprint density at radius 1 is 0.667 bits per heavy atom. The zero-order chi connectivity index (χ0) is 55.0. The second kappa shape index (κ2) is 30.0. The summed E-state index contributed by atoms with van der Waals surface area (Å²) in [5.41, 5.74) is 31.0. The Hall–Kier alpha value is -8.39. The van der Waals surface area contributed by atoms with Crippen molar-refractivity contribution in [3.8, 4) is 0 Å². The molecule has 0 fully saturated rings. The summed E-state index contributed by atoms with van der Waals surface area (Å²) in [7, 11) is 0. The minimum absolute atomic E-state index is 0.00858. The van der Waals surface area contributed by atoms with Crippen LogP contribution in [0.25, 0.3) is 10.9 Å². The van der Waals surface area contributed by atoms with Gasteiger partial charge in [0, 0.05) is 54.8 Å². The number of nitrogens with two attached hydrogens (primary N) is 5. The van der Waals surface area contributed by atoms with Gasteiger partial charge in [0.05, 0.1) is 25.3 Å². The van der Waals surface area contributed by atoms with Crippen molar-refractivity contribution in [2.24, 2.45) is 39.6 Å². The highest BCUT2D eigenvalue weighted by molar-refractivity contribution is 5.98. The van der Waals surface area contributed by atoms with Crippen LogP contribution >= 0.6 is 0 Å². The summed E-state index contributed by atoms with van der Waals surface area (Å²) >= 11 is 0. The molecule has 75 heavy (non-hydrogen) atoms. The van der Waals surface area contributed by atoms with Crippen LogP contribution in [0.1, 0.15) is 69.2 Å². The van der Waals surface area contributed by atoms with E-state index in [1.807, 2.05) is 6.07 Å². The summed E-state index contributed by atoms with van der Waals surface area (Å²) in [6, 6.07) is 6.79. The summed E-state index contributed by atoms with van der Waals surface area (Å²) in [6.07, 6.45) is 4.57. The molecule has 0 aliphatic rings. The predicted molar refractivity (Wildman–Crippen MR) is 276 cm³/mol. The van der Waals surface area contributed by atoms with Crippen molar-refractivity contribution in [1.82, 2.24) is 52.2 Å². The molecule has 26 nitrogen and oxygen atoms in total. The van der Waals surface area contributed by atoms with E-state index in [1.165, 1.54) is 12.5 Å². The lowest BCUT2D eigenvalue weighted by Crippen LogP contribution is -2.59. The van der Waals surface area contributed by atoms with E-state index in [4.69, 9.17) is 28.7 Å². The molecule has 0 saturated carbocycles. The Kier molecular flexibility index (Phi) is 23.6. The third-order valence-electron chi connectivity index (χ3n) is 11.9. The zero-order valence-corrected chi connectivity index (χ0v) is 41.9. The Morgan fingerprint density at radius 3 is 1.91 bits per heavy atom. The number of carbonyl (C=O) groups excluding carboxylic acids is 8. The fraction of sp³-hybridized carbons (Fsp3) is 0.449. The number of amides is 8. The number of guanidine groups is 1. The van der Waals surface area contributed by atoms with Crippen LogP contribution in [0.3, 0.4) is 0 Å². The molecule has 0 bridgehead atoms. The maximum Gasteiger partial charge on any atom is 0.305 e. The number of rotatable bonds is 32. The molecule has 2 aromatic heterocycles. The molecule has 2 aromatic carbocycles. The van der Waals surface area contributed by atoms with Crippen LogP contribution in [0.2, 0.25) is 0 Å². The Bertz CT molecular complexity index is 2590. The highest BCUT2D eigenvalue weighted by Crippen LogP contribution is 2.20. The SMILES string of the molecule is CC(C)C(NC(=O)[C@@H](CC(=O)O)NC(=O)C(CCCCN)NC(=O)CNC(=O)C(Cc1c[nH]c2ccccc12)NC(=O)C(CCCN=C(N)N)NC(=O)C(Cc1ccccc1)NC(=O)C(N)Cc1cnc[nH]1)C(N)=O. The molecule has 20 N–H and O–H groups in total. The van der Waals surface area contributed by atoms with Gasteiger partial charge in [-0.1, -0.05) is 62.4 Å². The number of primary amides is 1. The summed E-state index contributed by atoms with van der Waals surface area (Å²) in [4.78, 5) is 135. The highest BCUT2D eigenvalue weighted by atomic mass is 16.4. The Morgan fingerprint density at radius 2 is 1.27 bits per heavy atom. The van der Waals surface area contributed by atoms with Crippen molar-refractivity contribution in [1.29, 1.82) is 0 Å². The fourth-order valence-corrected chi connectivity index (χ4v) is 7.88. The summed E-state index contributed by atoms with van der Waals surface area (Å²) in [5, 5.41) is 28.2. The molecular formula is C49H70N16O10. The van der Waals surface area contributed by atoms with E-state index in [9.17, 15) is 48.3 Å². The monoisotopic (exact) mass is 1040 g/mol. The molecule has 406 valence electrons. The van der Waals surface area contributed by atoms with Crippen LogP contribution in [-0.2, 0) is 62.4 Å². The summed E-state index contributed by atoms with van der Waals surface area (Å²) < 4.78 is 0. The van der Waals surface area contributed by atoms with E-state index >= 15 is 0 Å². The number of para-hydroxylation sites is 1. The standard InChI is InChI=1S/C49H70N16O10/c1-27(2)41(42(52)69)65-48(75)38(22-40(67)68)64-45(72)34(15-8-9-17-50)60-39(66)25-58-44(71)37(20-29-23-57-33-14-7-6-13-31(29)33)63-46(73)35(16-10-18-56-49(53)54)61-47(74)36(19-28-11-4-3-5-12-28)62-43(70)32(51)21-30-24-55-26-59-30/h3-7,11-14,23-24,26-27,32,34-38,41,57H,8-10,15-22,25,50-51H2,1-2H3,(H2,52,69)(H,55,59)(H,58,71)(H,60,66)(H,61,74)(H,62,70)(H,63,73)(H,64,72)(H,65,75)(H,67,68)(H4,53,54,56)/t32?,34?,35?,36?,37?,38-,41?/m1/s1. The van der Waals surface area contributed by atoms with Gasteiger partial charge in [-0.3, -0.25) is 48.1 Å². The maximum atomic E-state index is 14.5. The molecule has 4 aromatic rings. The number of aromatic nitrogens is 3. The van der Waals surface area contributed by atoms with Crippen molar-refractivity contribution in [2.75, 3.05) is 19.6 Å². The first-order chi connectivity index (χ1) is 35.8. The number of H-pyrrole nitrogens is 2. The summed E-state index contributed by atoms with van der Waals surface area (Å²) in [6.45, 7) is 2.79. The van der Waals surface area contributed by atoms with Gasteiger partial charge in [-0.25, -0.2) is 4.98 Å². The van der Waals surface area contributed by atoms with Crippen molar-refractivity contribution in [3.05, 3.63) is 90.1 Å². The van der Waals surface area contributed by atoms with E-state index in [1.54, 1.807) is 68.6 Å². The van der Waals surface area contributed by atoms with Gasteiger partial charge < -0.3 is 81.0 Å². The average molecular weight is 1040 g/mol. The number of nitrogens with zero attached hydrogens (tertiary/aromatic N) is 2. The van der Waals surface area contributed by atoms with E-state index in [0.717, 1.165) is 10.9 Å². The van der Waals surface area contributed by atoms with Crippen LogP contribution in [-0.4, -0.2) is 141 Å². The Balaban J connectivity index is 1.58. The van der Waals surface area contributed by atoms with Crippen molar-refractivity contribution >= 4 is 70.1 Å². The number of fused-ring (bicyclic) bond motifs is 1. The number of aliphatic imine (C=N–C) groups is 1. The van der Waals surface area contributed by atoms with Crippen LogP contribution < -0.4 is 65.9 Å². The molecule has 26 heteroatoms. The van der Waals surface area contributed by atoms with Gasteiger partial charge in [0.2, 0.25) is 47.3 Å². The van der Waals surface area contributed by atoms with Crippen molar-refractivity contribution in [3.63, 3.8) is 0 Å². The van der Waals surface area contributed by atoms with Crippen molar-refractivity contribution < 1.29 is 48.3 Å². The third kappa shape index (κ3) is 19.9. The first kappa shape index (κ1) is 59.2. The zero-order valence-electron chi connectivity index (χ0n) is 41.9. The summed E-state index contributed by atoms with van der Waals surface area (Å²) in [5.74, 6) is -8.87. The molecule has 6 unspecified atom stereocenters. The lowest BCUT2D eigenvalue weighted by atomic mass is 10.0. The number of hydrogen-bond acceptors (Lipinski definition) is 13. The average Bonchev–Trinajstić information content (AvgIpc) is 4.04. The number of nitrogens with one attached hydrogen (secondary N) is 9. The second-order valence-electron chi connectivity index (χ2n) is 18.2. The van der Waals surface area contributed by atoms with Crippen LogP contribution in [0.5, 0.6) is 0 Å². The number of carboxylic acid groups (broad SMARTS) is 1. The van der Waals surface area contributed by atoms with Gasteiger partial charge in [-0.15, -0.1) is 0 Å². The van der Waals surface area contributed by atoms with Crippen LogP contribution in [0, 0.1) is 5.92 Å². The number of aromatic amines is 2.